The fourth-order valence-electron chi connectivity index (χ4n) is 1.64. The van der Waals surface area contributed by atoms with E-state index in [9.17, 15) is 13.2 Å². The monoisotopic (exact) mass is 299 g/mol. The molecule has 0 fully saturated rings. The molecule has 0 aliphatic carbocycles. The number of amides is 1. The molecule has 7 heteroatoms. The first-order valence-corrected chi connectivity index (χ1v) is 7.85. The minimum Gasteiger partial charge on any atom is -0.373 e. The Morgan fingerprint density at radius 3 is 2.30 bits per heavy atom. The van der Waals surface area contributed by atoms with Crippen molar-refractivity contribution in [1.29, 1.82) is 0 Å². The summed E-state index contributed by atoms with van der Waals surface area (Å²) in [6.07, 6.45) is 0. The van der Waals surface area contributed by atoms with Crippen molar-refractivity contribution < 1.29 is 13.2 Å². The standard InChI is InChI=1S/C13H21N3O3S/c1-9(2)15-13(17)10(3)16-11-7-5-6-8-12(11)20(18,19)14-4/h5-10,14,16H,1-4H3,(H,15,17). The molecule has 0 heterocycles. The molecule has 0 saturated carbocycles. The van der Waals surface area contributed by atoms with Crippen LogP contribution in [-0.2, 0) is 14.8 Å². The SMILES string of the molecule is CNS(=O)(=O)c1ccccc1NC(C)C(=O)NC(C)C. The molecule has 1 rings (SSSR count). The van der Waals surface area contributed by atoms with Gasteiger partial charge in [-0.3, -0.25) is 4.79 Å². The normalized spacial score (nSPS) is 13.1. The van der Waals surface area contributed by atoms with Crippen LogP contribution < -0.4 is 15.4 Å². The molecule has 1 aromatic rings. The Balaban J connectivity index is 2.96. The largest absolute Gasteiger partial charge is 0.373 e. The quantitative estimate of drug-likeness (QED) is 0.729. The maximum absolute atomic E-state index is 11.9. The first-order valence-electron chi connectivity index (χ1n) is 6.37. The highest BCUT2D eigenvalue weighted by Crippen LogP contribution is 2.21. The van der Waals surface area contributed by atoms with Gasteiger partial charge in [-0.2, -0.15) is 0 Å². The molecule has 3 N–H and O–H groups in total. The lowest BCUT2D eigenvalue weighted by molar-refractivity contribution is -0.122. The van der Waals surface area contributed by atoms with E-state index in [0.29, 0.717) is 5.69 Å². The van der Waals surface area contributed by atoms with Crippen LogP contribution in [0.25, 0.3) is 0 Å². The van der Waals surface area contributed by atoms with Gasteiger partial charge in [-0.1, -0.05) is 12.1 Å². The number of rotatable bonds is 6. The highest BCUT2D eigenvalue weighted by molar-refractivity contribution is 7.89. The van der Waals surface area contributed by atoms with E-state index in [-0.39, 0.29) is 16.8 Å². The lowest BCUT2D eigenvalue weighted by atomic mass is 10.2. The number of anilines is 1. The van der Waals surface area contributed by atoms with Crippen LogP contribution in [0.4, 0.5) is 5.69 Å². The topological polar surface area (TPSA) is 87.3 Å². The van der Waals surface area contributed by atoms with Gasteiger partial charge in [0.05, 0.1) is 5.69 Å². The lowest BCUT2D eigenvalue weighted by Crippen LogP contribution is -2.41. The summed E-state index contributed by atoms with van der Waals surface area (Å²) in [6, 6.07) is 5.96. The predicted octanol–water partition coefficient (Wildman–Crippen LogP) is 0.920. The van der Waals surface area contributed by atoms with Crippen molar-refractivity contribution in [2.45, 2.75) is 37.8 Å². The van der Waals surface area contributed by atoms with Crippen LogP contribution in [0.15, 0.2) is 29.2 Å². The molecule has 1 atom stereocenters. The third kappa shape index (κ3) is 4.21. The Kier molecular flexibility index (Phi) is 5.52. The number of para-hydroxylation sites is 1. The predicted molar refractivity (Wildman–Crippen MR) is 79.1 cm³/mol. The van der Waals surface area contributed by atoms with Crippen molar-refractivity contribution >= 4 is 21.6 Å². The van der Waals surface area contributed by atoms with Gasteiger partial charge in [0.2, 0.25) is 15.9 Å². The van der Waals surface area contributed by atoms with Crippen molar-refractivity contribution in [3.8, 4) is 0 Å². The van der Waals surface area contributed by atoms with E-state index in [0.717, 1.165) is 0 Å². The van der Waals surface area contributed by atoms with E-state index in [1.54, 1.807) is 25.1 Å². The van der Waals surface area contributed by atoms with Crippen LogP contribution in [0.1, 0.15) is 20.8 Å². The zero-order valence-electron chi connectivity index (χ0n) is 12.1. The summed E-state index contributed by atoms with van der Waals surface area (Å²) < 4.78 is 26.1. The van der Waals surface area contributed by atoms with E-state index in [1.807, 2.05) is 13.8 Å². The number of hydrogen-bond acceptors (Lipinski definition) is 4. The molecule has 0 aliphatic heterocycles. The first kappa shape index (κ1) is 16.5. The zero-order valence-corrected chi connectivity index (χ0v) is 12.9. The number of carbonyl (C=O) groups excluding carboxylic acids is 1. The second-order valence-electron chi connectivity index (χ2n) is 4.73. The molecular formula is C13H21N3O3S. The van der Waals surface area contributed by atoms with Gasteiger partial charge in [-0.15, -0.1) is 0 Å². The van der Waals surface area contributed by atoms with E-state index >= 15 is 0 Å². The Bertz CT molecular complexity index is 570. The summed E-state index contributed by atoms with van der Waals surface area (Å²) in [6.45, 7) is 5.41. The van der Waals surface area contributed by atoms with Crippen molar-refractivity contribution in [3.63, 3.8) is 0 Å². The third-order valence-electron chi connectivity index (χ3n) is 2.64. The summed E-state index contributed by atoms with van der Waals surface area (Å²) in [5.41, 5.74) is 0.397. The Hall–Kier alpha value is -1.60. The fraction of sp³-hybridized carbons (Fsp3) is 0.462. The van der Waals surface area contributed by atoms with E-state index in [1.165, 1.54) is 13.1 Å². The molecule has 0 aromatic heterocycles. The Morgan fingerprint density at radius 1 is 1.15 bits per heavy atom. The molecule has 0 radical (unpaired) electrons. The highest BCUT2D eigenvalue weighted by atomic mass is 32.2. The van der Waals surface area contributed by atoms with Crippen LogP contribution in [0.3, 0.4) is 0 Å². The maximum Gasteiger partial charge on any atom is 0.242 e. The highest BCUT2D eigenvalue weighted by Gasteiger charge is 2.19. The molecule has 1 unspecified atom stereocenters. The van der Waals surface area contributed by atoms with Gasteiger partial charge in [0, 0.05) is 6.04 Å². The number of nitrogens with one attached hydrogen (secondary N) is 3. The molecule has 1 amide bonds. The number of carbonyl (C=O) groups is 1. The molecule has 0 saturated heterocycles. The average Bonchev–Trinajstić information content (AvgIpc) is 2.38. The summed E-state index contributed by atoms with van der Waals surface area (Å²) in [4.78, 5) is 12.0. The summed E-state index contributed by atoms with van der Waals surface area (Å²) in [5, 5.41) is 5.69. The van der Waals surface area contributed by atoms with Crippen LogP contribution in [0.2, 0.25) is 0 Å². The van der Waals surface area contributed by atoms with Gasteiger partial charge in [0.1, 0.15) is 10.9 Å². The summed E-state index contributed by atoms with van der Waals surface area (Å²) in [5.74, 6) is -0.184. The fourth-order valence-corrected chi connectivity index (χ4v) is 2.53. The van der Waals surface area contributed by atoms with E-state index in [2.05, 4.69) is 15.4 Å². The Morgan fingerprint density at radius 2 is 1.75 bits per heavy atom. The number of benzene rings is 1. The first-order chi connectivity index (χ1) is 9.27. The minimum atomic E-state index is -3.57. The smallest absolute Gasteiger partial charge is 0.242 e. The van der Waals surface area contributed by atoms with Gasteiger partial charge in [-0.25, -0.2) is 13.1 Å². The van der Waals surface area contributed by atoms with Gasteiger partial charge >= 0.3 is 0 Å². The maximum atomic E-state index is 11.9. The van der Waals surface area contributed by atoms with Gasteiger partial charge in [0.25, 0.3) is 0 Å². The second kappa shape index (κ2) is 6.71. The molecular weight excluding hydrogens is 278 g/mol. The van der Waals surface area contributed by atoms with Crippen molar-refractivity contribution in [2.24, 2.45) is 0 Å². The molecule has 112 valence electrons. The van der Waals surface area contributed by atoms with Crippen LogP contribution in [0.5, 0.6) is 0 Å². The molecule has 20 heavy (non-hydrogen) atoms. The van der Waals surface area contributed by atoms with Crippen LogP contribution in [0, 0.1) is 0 Å². The summed E-state index contributed by atoms with van der Waals surface area (Å²) in [7, 11) is -2.22. The van der Waals surface area contributed by atoms with Crippen LogP contribution >= 0.6 is 0 Å². The number of sulfonamides is 1. The molecule has 0 bridgehead atoms. The molecule has 0 aliphatic rings. The lowest BCUT2D eigenvalue weighted by Gasteiger charge is -2.19. The summed E-state index contributed by atoms with van der Waals surface area (Å²) >= 11 is 0. The van der Waals surface area contributed by atoms with E-state index < -0.39 is 16.1 Å². The van der Waals surface area contributed by atoms with Crippen molar-refractivity contribution in [3.05, 3.63) is 24.3 Å². The third-order valence-corrected chi connectivity index (χ3v) is 4.11. The van der Waals surface area contributed by atoms with Crippen LogP contribution in [-0.4, -0.2) is 33.5 Å². The van der Waals surface area contributed by atoms with Gasteiger partial charge < -0.3 is 10.6 Å². The molecule has 6 nitrogen and oxygen atoms in total. The molecule has 0 spiro atoms. The minimum absolute atomic E-state index is 0.0306. The van der Waals surface area contributed by atoms with Gasteiger partial charge in [-0.05, 0) is 40.0 Å². The van der Waals surface area contributed by atoms with Crippen molar-refractivity contribution in [2.75, 3.05) is 12.4 Å². The number of hydrogen-bond donors (Lipinski definition) is 3. The average molecular weight is 299 g/mol. The van der Waals surface area contributed by atoms with Gasteiger partial charge in [0.15, 0.2) is 0 Å². The second-order valence-corrected chi connectivity index (χ2v) is 6.59. The molecule has 1 aromatic carbocycles. The Labute approximate surface area is 120 Å². The zero-order chi connectivity index (χ0) is 15.3. The van der Waals surface area contributed by atoms with Crippen molar-refractivity contribution in [1.82, 2.24) is 10.0 Å². The van der Waals surface area contributed by atoms with E-state index in [4.69, 9.17) is 0 Å².